The van der Waals surface area contributed by atoms with Gasteiger partial charge < -0.3 is 10.1 Å². The molecule has 0 spiro atoms. The fraction of sp³-hybridized carbons (Fsp3) is 0.500. The van der Waals surface area contributed by atoms with Crippen molar-refractivity contribution >= 4 is 10.9 Å². The highest BCUT2D eigenvalue weighted by molar-refractivity contribution is 5.78. The van der Waals surface area contributed by atoms with Crippen LogP contribution >= 0.6 is 0 Å². The van der Waals surface area contributed by atoms with Crippen LogP contribution in [-0.4, -0.2) is 24.2 Å². The number of ether oxygens (including phenoxy) is 1. The number of methoxy groups -OCH3 is 1. The van der Waals surface area contributed by atoms with E-state index in [4.69, 9.17) is 4.74 Å². The number of para-hydroxylation sites is 1. The van der Waals surface area contributed by atoms with Crippen molar-refractivity contribution in [1.82, 2.24) is 10.3 Å². The number of nitrogens with zero attached hydrogens (tertiary/aromatic N) is 1. The third-order valence-electron chi connectivity index (χ3n) is 4.68. The fourth-order valence-corrected chi connectivity index (χ4v) is 3.28. The third-order valence-corrected chi connectivity index (χ3v) is 4.68. The average Bonchev–Trinajstić information content (AvgIpc) is 2.49. The van der Waals surface area contributed by atoms with Gasteiger partial charge in [-0.2, -0.15) is 0 Å². The van der Waals surface area contributed by atoms with Gasteiger partial charge in [-0.25, -0.2) is 0 Å². The number of hydrogen-bond acceptors (Lipinski definition) is 3. The van der Waals surface area contributed by atoms with Gasteiger partial charge in [0.2, 0.25) is 0 Å². The summed E-state index contributed by atoms with van der Waals surface area (Å²) in [5, 5.41) is 4.88. The first kappa shape index (κ1) is 14.5. The predicted molar refractivity (Wildman–Crippen MR) is 86.4 cm³/mol. The van der Waals surface area contributed by atoms with Crippen LogP contribution in [0.1, 0.15) is 44.2 Å². The largest absolute Gasteiger partial charge is 0.376 e. The molecule has 0 radical (unpaired) electrons. The number of pyridine rings is 1. The first-order valence-electron chi connectivity index (χ1n) is 7.92. The van der Waals surface area contributed by atoms with E-state index < -0.39 is 0 Å². The van der Waals surface area contributed by atoms with E-state index in [-0.39, 0.29) is 11.6 Å². The molecule has 1 atom stereocenters. The van der Waals surface area contributed by atoms with Gasteiger partial charge in [-0.3, -0.25) is 4.98 Å². The third kappa shape index (κ3) is 2.68. The van der Waals surface area contributed by atoms with Crippen LogP contribution in [0, 0.1) is 0 Å². The van der Waals surface area contributed by atoms with Crippen LogP contribution in [0.25, 0.3) is 10.9 Å². The Bertz CT molecular complexity index is 601. The zero-order valence-corrected chi connectivity index (χ0v) is 12.9. The minimum absolute atomic E-state index is 0.0562. The van der Waals surface area contributed by atoms with Crippen LogP contribution < -0.4 is 5.32 Å². The van der Waals surface area contributed by atoms with Crippen molar-refractivity contribution in [2.75, 3.05) is 13.7 Å². The zero-order valence-electron chi connectivity index (χ0n) is 12.9. The number of benzene rings is 1. The molecule has 112 valence electrons. The van der Waals surface area contributed by atoms with Gasteiger partial charge >= 0.3 is 0 Å². The summed E-state index contributed by atoms with van der Waals surface area (Å²) in [7, 11) is 1.84. The van der Waals surface area contributed by atoms with E-state index >= 15 is 0 Å². The molecule has 3 nitrogen and oxygen atoms in total. The maximum Gasteiger partial charge on any atom is 0.0873 e. The molecule has 1 aliphatic carbocycles. The summed E-state index contributed by atoms with van der Waals surface area (Å²) in [5.74, 6) is 0. The molecule has 2 aromatic rings. The average molecular weight is 284 g/mol. The summed E-state index contributed by atoms with van der Waals surface area (Å²) in [6, 6.07) is 10.8. The van der Waals surface area contributed by atoms with E-state index in [0.29, 0.717) is 0 Å². The summed E-state index contributed by atoms with van der Waals surface area (Å²) in [6.45, 7) is 3.20. The van der Waals surface area contributed by atoms with Crippen LogP contribution in [0.5, 0.6) is 0 Å². The minimum atomic E-state index is -0.0562. The number of nitrogens with one attached hydrogen (secondary N) is 1. The van der Waals surface area contributed by atoms with E-state index in [2.05, 4.69) is 41.5 Å². The van der Waals surface area contributed by atoms with E-state index in [1.54, 1.807) is 0 Å². The Morgan fingerprint density at radius 3 is 2.81 bits per heavy atom. The van der Waals surface area contributed by atoms with Crippen LogP contribution in [0.3, 0.4) is 0 Å². The summed E-state index contributed by atoms with van der Waals surface area (Å²) >= 11 is 0. The minimum Gasteiger partial charge on any atom is -0.376 e. The lowest BCUT2D eigenvalue weighted by molar-refractivity contribution is -0.0997. The van der Waals surface area contributed by atoms with Crippen molar-refractivity contribution in [2.24, 2.45) is 0 Å². The van der Waals surface area contributed by atoms with Crippen LogP contribution in [-0.2, 0) is 4.74 Å². The Hall–Kier alpha value is -1.45. The number of aromatic nitrogens is 1. The highest BCUT2D eigenvalue weighted by atomic mass is 16.5. The summed E-state index contributed by atoms with van der Waals surface area (Å²) in [5.41, 5.74) is 2.23. The van der Waals surface area contributed by atoms with Gasteiger partial charge in [-0.1, -0.05) is 25.1 Å². The normalized spacial score (nSPS) is 18.4. The van der Waals surface area contributed by atoms with Crippen molar-refractivity contribution in [3.63, 3.8) is 0 Å². The smallest absolute Gasteiger partial charge is 0.0873 e. The molecule has 1 aliphatic rings. The lowest BCUT2D eigenvalue weighted by atomic mass is 9.72. The van der Waals surface area contributed by atoms with Crippen LogP contribution in [0.4, 0.5) is 0 Å². The molecule has 1 N–H and O–H groups in total. The Morgan fingerprint density at radius 1 is 1.33 bits per heavy atom. The first-order chi connectivity index (χ1) is 10.3. The fourth-order valence-electron chi connectivity index (χ4n) is 3.28. The Morgan fingerprint density at radius 2 is 2.14 bits per heavy atom. The van der Waals surface area contributed by atoms with Crippen molar-refractivity contribution in [2.45, 2.75) is 44.2 Å². The van der Waals surface area contributed by atoms with E-state index in [0.717, 1.165) is 31.3 Å². The predicted octanol–water partition coefficient (Wildman–Crippen LogP) is 3.84. The molecule has 1 heterocycles. The standard InChI is InChI=1S/C18H24N2O/c1-3-11-19-17(18(21-2)9-6-10-18)15-12-14-7-4-5-8-16(14)20-13-15/h4-5,7-8,12-13,17,19H,3,6,9-11H2,1-2H3. The van der Waals surface area contributed by atoms with Crippen molar-refractivity contribution in [3.8, 4) is 0 Å². The van der Waals surface area contributed by atoms with Crippen LogP contribution in [0.2, 0.25) is 0 Å². The second-order valence-corrected chi connectivity index (χ2v) is 5.97. The monoisotopic (exact) mass is 284 g/mol. The molecule has 0 aliphatic heterocycles. The van der Waals surface area contributed by atoms with Gasteiger partial charge in [0.15, 0.2) is 0 Å². The van der Waals surface area contributed by atoms with Gasteiger partial charge in [0.05, 0.1) is 17.2 Å². The Labute approximate surface area is 126 Å². The van der Waals surface area contributed by atoms with E-state index in [9.17, 15) is 0 Å². The molecule has 21 heavy (non-hydrogen) atoms. The molecule has 3 heteroatoms. The van der Waals surface area contributed by atoms with Gasteiger partial charge in [0.25, 0.3) is 0 Å². The van der Waals surface area contributed by atoms with E-state index in [1.165, 1.54) is 17.4 Å². The van der Waals surface area contributed by atoms with Crippen molar-refractivity contribution in [3.05, 3.63) is 42.1 Å². The lowest BCUT2D eigenvalue weighted by Gasteiger charge is -2.47. The number of fused-ring (bicyclic) bond motifs is 1. The van der Waals surface area contributed by atoms with Crippen molar-refractivity contribution in [1.29, 1.82) is 0 Å². The molecular formula is C18H24N2O. The quantitative estimate of drug-likeness (QED) is 0.875. The molecular weight excluding hydrogens is 260 g/mol. The topological polar surface area (TPSA) is 34.2 Å². The Kier molecular flexibility index (Phi) is 4.22. The van der Waals surface area contributed by atoms with Gasteiger partial charge in [0.1, 0.15) is 0 Å². The molecule has 0 saturated heterocycles. The van der Waals surface area contributed by atoms with E-state index in [1.807, 2.05) is 19.4 Å². The van der Waals surface area contributed by atoms with Gasteiger partial charge in [0, 0.05) is 18.7 Å². The number of hydrogen-bond donors (Lipinski definition) is 1. The zero-order chi connectivity index (χ0) is 14.7. The molecule has 0 amide bonds. The van der Waals surface area contributed by atoms with Gasteiger partial charge in [-0.05, 0) is 49.9 Å². The molecule has 1 aromatic carbocycles. The second-order valence-electron chi connectivity index (χ2n) is 5.97. The highest BCUT2D eigenvalue weighted by Crippen LogP contribution is 2.45. The molecule has 3 rings (SSSR count). The SMILES string of the molecule is CCCNC(c1cnc2ccccc2c1)C1(OC)CCC1. The van der Waals surface area contributed by atoms with Crippen molar-refractivity contribution < 1.29 is 4.74 Å². The second kappa shape index (κ2) is 6.12. The summed E-state index contributed by atoms with van der Waals surface area (Å²) < 4.78 is 5.91. The lowest BCUT2D eigenvalue weighted by Crippen LogP contribution is -2.50. The number of rotatable bonds is 6. The first-order valence-corrected chi connectivity index (χ1v) is 7.92. The molecule has 1 unspecified atom stereocenters. The summed E-state index contributed by atoms with van der Waals surface area (Å²) in [4.78, 5) is 4.62. The maximum atomic E-state index is 5.91. The maximum absolute atomic E-state index is 5.91. The molecule has 1 saturated carbocycles. The highest BCUT2D eigenvalue weighted by Gasteiger charge is 2.45. The summed E-state index contributed by atoms with van der Waals surface area (Å²) in [6.07, 6.45) is 6.63. The molecule has 1 aromatic heterocycles. The molecule has 0 bridgehead atoms. The molecule has 1 fully saturated rings. The Balaban J connectivity index is 1.97. The van der Waals surface area contributed by atoms with Crippen LogP contribution in [0.15, 0.2) is 36.5 Å². The van der Waals surface area contributed by atoms with Gasteiger partial charge in [-0.15, -0.1) is 0 Å².